The molecule has 0 radical (unpaired) electrons. The third-order valence-corrected chi connectivity index (χ3v) is 5.83. The van der Waals surface area contributed by atoms with Gasteiger partial charge in [-0.2, -0.15) is 0 Å². The molecule has 5 rings (SSSR count). The van der Waals surface area contributed by atoms with Crippen LogP contribution >= 0.6 is 11.3 Å². The van der Waals surface area contributed by atoms with Crippen molar-refractivity contribution in [1.29, 1.82) is 0 Å². The summed E-state index contributed by atoms with van der Waals surface area (Å²) in [5.74, 6) is -1.09. The van der Waals surface area contributed by atoms with Gasteiger partial charge in [0, 0.05) is 16.3 Å². The van der Waals surface area contributed by atoms with E-state index in [1.54, 1.807) is 17.6 Å². The van der Waals surface area contributed by atoms with E-state index in [0.29, 0.717) is 29.4 Å². The Kier molecular flexibility index (Phi) is 4.23. The lowest BCUT2D eigenvalue weighted by Crippen LogP contribution is -2.25. The Bertz CT molecular complexity index is 1280. The van der Waals surface area contributed by atoms with Crippen LogP contribution in [0.4, 0.5) is 4.39 Å². The van der Waals surface area contributed by atoms with Crippen LogP contribution in [0.2, 0.25) is 0 Å². The molecule has 1 saturated heterocycles. The number of ether oxygens (including phenoxy) is 2. The lowest BCUT2D eigenvalue weighted by molar-refractivity contribution is -0.139. The average molecular weight is 411 g/mol. The Hall–Kier alpha value is -2.68. The summed E-state index contributed by atoms with van der Waals surface area (Å²) < 4.78 is 27.6. The van der Waals surface area contributed by atoms with Gasteiger partial charge in [0.1, 0.15) is 22.4 Å². The van der Waals surface area contributed by atoms with E-state index in [1.807, 2.05) is 30.5 Å². The second-order valence-corrected chi connectivity index (χ2v) is 8.36. The minimum Gasteiger partial charge on any atom is -0.348 e. The van der Waals surface area contributed by atoms with Crippen molar-refractivity contribution in [3.63, 3.8) is 0 Å². The van der Waals surface area contributed by atoms with Gasteiger partial charge in [-0.25, -0.2) is 4.39 Å². The predicted molar refractivity (Wildman–Crippen MR) is 109 cm³/mol. The highest BCUT2D eigenvalue weighted by Crippen LogP contribution is 2.29. The second-order valence-electron chi connectivity index (χ2n) is 7.53. The van der Waals surface area contributed by atoms with Gasteiger partial charge in [-0.05, 0) is 44.2 Å². The van der Waals surface area contributed by atoms with E-state index in [0.717, 1.165) is 16.1 Å². The molecule has 1 fully saturated rings. The van der Waals surface area contributed by atoms with Crippen LogP contribution in [0, 0.1) is 5.82 Å². The fourth-order valence-electron chi connectivity index (χ4n) is 3.83. The molecule has 0 saturated carbocycles. The number of nitrogens with zero attached hydrogens (tertiary/aromatic N) is 3. The van der Waals surface area contributed by atoms with Gasteiger partial charge in [0.05, 0.1) is 24.2 Å². The summed E-state index contributed by atoms with van der Waals surface area (Å²) in [6.07, 6.45) is -0.186. The van der Waals surface area contributed by atoms with Crippen LogP contribution in [-0.4, -0.2) is 33.3 Å². The van der Waals surface area contributed by atoms with Gasteiger partial charge in [0.2, 0.25) is 0 Å². The third-order valence-electron chi connectivity index (χ3n) is 5.09. The number of fused-ring (bicyclic) bond motifs is 2. The van der Waals surface area contributed by atoms with Gasteiger partial charge in [-0.15, -0.1) is 10.2 Å². The quantitative estimate of drug-likeness (QED) is 0.478. The van der Waals surface area contributed by atoms with Gasteiger partial charge < -0.3 is 14.0 Å². The number of pyridine rings is 1. The molecule has 0 bridgehead atoms. The first-order chi connectivity index (χ1) is 13.9. The van der Waals surface area contributed by atoms with Crippen LogP contribution in [0.3, 0.4) is 0 Å². The average Bonchev–Trinajstić information content (AvgIpc) is 3.34. The van der Waals surface area contributed by atoms with Crippen molar-refractivity contribution in [2.45, 2.75) is 32.3 Å². The molecular weight excluding hydrogens is 393 g/mol. The molecule has 1 aliphatic rings. The molecule has 0 aliphatic carbocycles. The minimum atomic E-state index is -0.654. The molecule has 2 aromatic carbocycles. The van der Waals surface area contributed by atoms with Crippen molar-refractivity contribution in [2.75, 3.05) is 6.61 Å². The van der Waals surface area contributed by atoms with E-state index in [-0.39, 0.29) is 11.5 Å². The lowest BCUT2D eigenvalue weighted by atomic mass is 10.1. The summed E-state index contributed by atoms with van der Waals surface area (Å²) in [4.78, 5) is 13.1. The highest BCUT2D eigenvalue weighted by Gasteiger charge is 2.33. The largest absolute Gasteiger partial charge is 0.348 e. The Morgan fingerprint density at radius 3 is 2.79 bits per heavy atom. The van der Waals surface area contributed by atoms with Gasteiger partial charge in [0.25, 0.3) is 0 Å². The summed E-state index contributed by atoms with van der Waals surface area (Å²) in [6.45, 7) is 4.66. The smallest absolute Gasteiger partial charge is 0.197 e. The molecule has 2 aromatic heterocycles. The first-order valence-corrected chi connectivity index (χ1v) is 10.1. The highest BCUT2D eigenvalue weighted by atomic mass is 32.1. The third kappa shape index (κ3) is 3.23. The van der Waals surface area contributed by atoms with Crippen LogP contribution in [0.15, 0.2) is 46.7 Å². The first-order valence-electron chi connectivity index (χ1n) is 9.25. The summed E-state index contributed by atoms with van der Waals surface area (Å²) >= 11 is 1.43. The SMILES string of the molecule is CC1(C)OCC(Cn2c3ccc(F)cc3c(=O)c3ccc(-c4nncs4)cc32)O1. The van der Waals surface area contributed by atoms with Crippen LogP contribution in [0.5, 0.6) is 0 Å². The molecule has 0 spiro atoms. The molecule has 8 heteroatoms. The van der Waals surface area contributed by atoms with Crippen molar-refractivity contribution in [3.8, 4) is 10.6 Å². The van der Waals surface area contributed by atoms with Gasteiger partial charge in [-0.3, -0.25) is 4.79 Å². The Morgan fingerprint density at radius 1 is 1.21 bits per heavy atom. The Labute approximate surface area is 169 Å². The number of halogens is 1. The van der Waals surface area contributed by atoms with E-state index >= 15 is 0 Å². The lowest BCUT2D eigenvalue weighted by Gasteiger charge is -2.20. The normalized spacial score (nSPS) is 18.7. The molecule has 3 heterocycles. The molecule has 148 valence electrons. The van der Waals surface area contributed by atoms with Gasteiger partial charge in [0.15, 0.2) is 11.2 Å². The molecule has 1 unspecified atom stereocenters. The topological polar surface area (TPSA) is 66.2 Å². The van der Waals surface area contributed by atoms with E-state index < -0.39 is 11.6 Å². The fourth-order valence-corrected chi connectivity index (χ4v) is 4.38. The summed E-state index contributed by atoms with van der Waals surface area (Å²) in [5, 5.41) is 9.67. The summed E-state index contributed by atoms with van der Waals surface area (Å²) in [7, 11) is 0. The Morgan fingerprint density at radius 2 is 2.07 bits per heavy atom. The maximum atomic E-state index is 13.9. The number of hydrogen-bond acceptors (Lipinski definition) is 6. The van der Waals surface area contributed by atoms with Crippen LogP contribution in [0.25, 0.3) is 32.4 Å². The fraction of sp³-hybridized carbons (Fsp3) is 0.286. The van der Waals surface area contributed by atoms with Crippen molar-refractivity contribution in [2.24, 2.45) is 0 Å². The molecule has 6 nitrogen and oxygen atoms in total. The van der Waals surface area contributed by atoms with E-state index in [9.17, 15) is 9.18 Å². The van der Waals surface area contributed by atoms with Crippen molar-refractivity contribution < 1.29 is 13.9 Å². The second kappa shape index (κ2) is 6.69. The predicted octanol–water partition coefficient (Wildman–Crippen LogP) is 3.96. The van der Waals surface area contributed by atoms with Crippen LogP contribution < -0.4 is 5.43 Å². The standard InChI is InChI=1S/C21H18FN3O3S/c1-21(2)27-10-14(28-21)9-25-17-6-4-13(22)8-16(17)19(26)15-5-3-12(7-18(15)25)20-24-23-11-29-20/h3-8,11,14H,9-10H2,1-2H3. The first kappa shape index (κ1) is 18.4. The summed E-state index contributed by atoms with van der Waals surface area (Å²) in [5.41, 5.74) is 3.75. The monoisotopic (exact) mass is 411 g/mol. The minimum absolute atomic E-state index is 0.186. The molecule has 0 amide bonds. The number of hydrogen-bond donors (Lipinski definition) is 0. The molecule has 1 aliphatic heterocycles. The maximum Gasteiger partial charge on any atom is 0.197 e. The number of aromatic nitrogens is 3. The zero-order valence-corrected chi connectivity index (χ0v) is 16.7. The zero-order valence-electron chi connectivity index (χ0n) is 15.9. The van der Waals surface area contributed by atoms with Crippen LogP contribution in [0.1, 0.15) is 13.8 Å². The zero-order chi connectivity index (χ0) is 20.2. The van der Waals surface area contributed by atoms with E-state index in [1.165, 1.54) is 23.5 Å². The van der Waals surface area contributed by atoms with Crippen molar-refractivity contribution in [1.82, 2.24) is 14.8 Å². The number of benzene rings is 2. The summed E-state index contributed by atoms with van der Waals surface area (Å²) in [6, 6.07) is 9.85. The molecule has 0 N–H and O–H groups in total. The van der Waals surface area contributed by atoms with Gasteiger partial charge >= 0.3 is 0 Å². The van der Waals surface area contributed by atoms with Gasteiger partial charge in [-0.1, -0.05) is 17.4 Å². The Balaban J connectivity index is 1.76. The molecule has 4 aromatic rings. The van der Waals surface area contributed by atoms with E-state index in [4.69, 9.17) is 9.47 Å². The highest BCUT2D eigenvalue weighted by molar-refractivity contribution is 7.12. The van der Waals surface area contributed by atoms with E-state index in [2.05, 4.69) is 10.2 Å². The molecular formula is C21H18FN3O3S. The molecule has 29 heavy (non-hydrogen) atoms. The molecule has 1 atom stereocenters. The number of rotatable bonds is 3. The van der Waals surface area contributed by atoms with Crippen molar-refractivity contribution in [3.05, 3.63) is 57.9 Å². The van der Waals surface area contributed by atoms with Crippen molar-refractivity contribution >= 4 is 33.1 Å². The van der Waals surface area contributed by atoms with Crippen LogP contribution in [-0.2, 0) is 16.0 Å². The maximum absolute atomic E-state index is 13.9.